The van der Waals surface area contributed by atoms with Gasteiger partial charge in [-0.2, -0.15) is 5.26 Å². The lowest BCUT2D eigenvalue weighted by Gasteiger charge is -2.18. The van der Waals surface area contributed by atoms with Crippen LogP contribution in [0, 0.1) is 11.3 Å². The molecule has 1 N–H and O–H groups in total. The third kappa shape index (κ3) is 8.21. The van der Waals surface area contributed by atoms with E-state index < -0.39 is 0 Å². The van der Waals surface area contributed by atoms with Gasteiger partial charge in [-0.15, -0.1) is 0 Å². The molecule has 1 aliphatic rings. The minimum Gasteiger partial charge on any atom is -0.379 e. The first kappa shape index (κ1) is 24.0. The van der Waals surface area contributed by atoms with E-state index in [-0.39, 0.29) is 12.6 Å². The van der Waals surface area contributed by atoms with Gasteiger partial charge >= 0.3 is 0 Å². The molecule has 0 radical (unpaired) electrons. The second kappa shape index (κ2) is 13.1. The first-order valence-electron chi connectivity index (χ1n) is 10.6. The number of aliphatic imine (C=N–C) groups is 1. The summed E-state index contributed by atoms with van der Waals surface area (Å²) in [6.45, 7) is 10.1. The molecule has 1 amide bonds. The molecule has 1 saturated heterocycles. The fraction of sp³-hybridized carbons (Fsp3) is 0.522. The number of carbonyl (C=O) groups is 1. The number of thioether (sulfide) groups is 1. The monoisotopic (exact) mass is 427 g/mol. The van der Waals surface area contributed by atoms with Gasteiger partial charge in [0, 0.05) is 24.8 Å². The van der Waals surface area contributed by atoms with E-state index in [9.17, 15) is 4.79 Å². The molecule has 1 fully saturated rings. The van der Waals surface area contributed by atoms with Gasteiger partial charge < -0.3 is 10.2 Å². The summed E-state index contributed by atoms with van der Waals surface area (Å²) in [5.41, 5.74) is 2.46. The number of likely N-dealkylation sites (tertiary alicyclic amines) is 1. The zero-order valence-corrected chi connectivity index (χ0v) is 19.1. The molecule has 1 aliphatic heterocycles. The molecule has 0 spiro atoms. The number of nitriles is 1. The van der Waals surface area contributed by atoms with Crippen molar-refractivity contribution >= 4 is 29.0 Å². The number of amidine groups is 1. The fourth-order valence-electron chi connectivity index (χ4n) is 3.48. The summed E-state index contributed by atoms with van der Waals surface area (Å²) < 4.78 is 0. The molecule has 1 aromatic rings. The van der Waals surface area contributed by atoms with Gasteiger partial charge in [-0.1, -0.05) is 30.0 Å². The van der Waals surface area contributed by atoms with Crippen LogP contribution in [0.5, 0.6) is 0 Å². The van der Waals surface area contributed by atoms with Crippen molar-refractivity contribution < 1.29 is 4.79 Å². The largest absolute Gasteiger partial charge is 0.379 e. The maximum atomic E-state index is 11.3. The third-order valence-electron chi connectivity index (χ3n) is 4.97. The van der Waals surface area contributed by atoms with Gasteiger partial charge in [-0.3, -0.25) is 9.69 Å². The third-order valence-corrected chi connectivity index (χ3v) is 5.98. The van der Waals surface area contributed by atoms with E-state index >= 15 is 0 Å². The Morgan fingerprint density at radius 1 is 1.43 bits per heavy atom. The molecule has 0 bridgehead atoms. The number of carbonyl (C=O) groups excluding carboxylic acids is 1. The van der Waals surface area contributed by atoms with Gasteiger partial charge in [0.15, 0.2) is 5.17 Å². The average Bonchev–Trinajstić information content (AvgIpc) is 3.25. The van der Waals surface area contributed by atoms with Crippen molar-refractivity contribution in [3.63, 3.8) is 0 Å². The number of allylic oxidation sites excluding steroid dienone is 1. The van der Waals surface area contributed by atoms with Crippen LogP contribution in [0.3, 0.4) is 0 Å². The Labute approximate surface area is 185 Å². The van der Waals surface area contributed by atoms with E-state index in [1.807, 2.05) is 19.9 Å². The molecular formula is C23H33N5OS. The van der Waals surface area contributed by atoms with Crippen LogP contribution in [-0.4, -0.2) is 60.1 Å². The molecule has 162 valence electrons. The molecule has 2 rings (SSSR count). The van der Waals surface area contributed by atoms with Gasteiger partial charge in [-0.05, 0) is 75.7 Å². The van der Waals surface area contributed by atoms with E-state index in [0.717, 1.165) is 30.0 Å². The molecular weight excluding hydrogens is 394 g/mol. The number of hydrogen-bond donors (Lipinski definition) is 1. The van der Waals surface area contributed by atoms with E-state index in [1.165, 1.54) is 48.2 Å². The summed E-state index contributed by atoms with van der Waals surface area (Å²) in [5, 5.41) is 12.9. The van der Waals surface area contributed by atoms with Crippen LogP contribution in [0.2, 0.25) is 0 Å². The zero-order chi connectivity index (χ0) is 21.8. The standard InChI is InChI=1S/C23H33N5OS/c1-4-28(18-29)23(25-12-11-24)30-20(3)16-19(2)26-22-9-7-8-21(17-22)10-15-27-13-5-6-14-27/h7-9,16-19,26H,4-6,10,12-15H2,1-3H3/b20-16+,25-23?. The van der Waals surface area contributed by atoms with Crippen LogP contribution in [0.25, 0.3) is 0 Å². The van der Waals surface area contributed by atoms with Gasteiger partial charge in [-0.25, -0.2) is 4.99 Å². The lowest BCUT2D eigenvalue weighted by atomic mass is 10.1. The number of nitrogens with zero attached hydrogens (tertiary/aromatic N) is 4. The molecule has 7 heteroatoms. The van der Waals surface area contributed by atoms with Crippen LogP contribution >= 0.6 is 11.8 Å². The van der Waals surface area contributed by atoms with E-state index in [0.29, 0.717) is 11.7 Å². The van der Waals surface area contributed by atoms with Crippen molar-refractivity contribution in [2.24, 2.45) is 4.99 Å². The van der Waals surface area contributed by atoms with Crippen LogP contribution in [0.4, 0.5) is 5.69 Å². The first-order valence-corrected chi connectivity index (χ1v) is 11.4. The van der Waals surface area contributed by atoms with Crippen molar-refractivity contribution in [1.82, 2.24) is 9.80 Å². The SMILES string of the molecule is CCN(C=O)C(=NCC#N)S/C(C)=C/C(C)Nc1cccc(CCN2CCCC2)c1. The highest BCUT2D eigenvalue weighted by Gasteiger charge is 2.12. The molecule has 1 aromatic carbocycles. The highest BCUT2D eigenvalue weighted by Crippen LogP contribution is 2.21. The van der Waals surface area contributed by atoms with Crippen molar-refractivity contribution in [3.8, 4) is 6.07 Å². The minimum atomic E-state index is 0.0397. The zero-order valence-electron chi connectivity index (χ0n) is 18.3. The quantitative estimate of drug-likeness (QED) is 0.263. The predicted octanol–water partition coefficient (Wildman–Crippen LogP) is 4.12. The molecule has 0 aliphatic carbocycles. The first-order chi connectivity index (χ1) is 14.5. The Morgan fingerprint density at radius 2 is 2.20 bits per heavy atom. The maximum absolute atomic E-state index is 11.3. The van der Waals surface area contributed by atoms with Crippen molar-refractivity contribution in [1.29, 1.82) is 5.26 Å². The second-order valence-corrected chi connectivity index (χ2v) is 8.67. The van der Waals surface area contributed by atoms with Crippen LogP contribution in [0.15, 0.2) is 40.2 Å². The fourth-order valence-corrected chi connectivity index (χ4v) is 4.46. The summed E-state index contributed by atoms with van der Waals surface area (Å²) in [5.74, 6) is 0. The number of benzene rings is 1. The summed E-state index contributed by atoms with van der Waals surface area (Å²) in [4.78, 5) is 20.6. The van der Waals surface area contributed by atoms with E-state index in [4.69, 9.17) is 5.26 Å². The normalized spacial score (nSPS) is 16.2. The molecule has 1 unspecified atom stereocenters. The van der Waals surface area contributed by atoms with E-state index in [2.05, 4.69) is 52.5 Å². The number of anilines is 1. The molecule has 1 atom stereocenters. The molecule has 30 heavy (non-hydrogen) atoms. The molecule has 0 saturated carbocycles. The summed E-state index contributed by atoms with van der Waals surface area (Å²) in [6, 6.07) is 10.7. The smallest absolute Gasteiger partial charge is 0.215 e. The van der Waals surface area contributed by atoms with E-state index in [1.54, 1.807) is 0 Å². The van der Waals surface area contributed by atoms with Gasteiger partial charge in [0.1, 0.15) is 6.54 Å². The summed E-state index contributed by atoms with van der Waals surface area (Å²) in [6.07, 6.45) is 6.60. The van der Waals surface area contributed by atoms with Gasteiger partial charge in [0.2, 0.25) is 6.41 Å². The molecule has 6 nitrogen and oxygen atoms in total. The van der Waals surface area contributed by atoms with Crippen LogP contribution < -0.4 is 5.32 Å². The van der Waals surface area contributed by atoms with Crippen LogP contribution in [0.1, 0.15) is 39.2 Å². The Balaban J connectivity index is 1.94. The average molecular weight is 428 g/mol. The Hall–Kier alpha value is -2.30. The Kier molecular flexibility index (Phi) is 10.5. The highest BCUT2D eigenvalue weighted by molar-refractivity contribution is 8.17. The number of hydrogen-bond acceptors (Lipinski definition) is 6. The maximum Gasteiger partial charge on any atom is 0.215 e. The number of nitrogens with one attached hydrogen (secondary N) is 1. The van der Waals surface area contributed by atoms with Crippen molar-refractivity contribution in [2.75, 3.05) is 38.0 Å². The lowest BCUT2D eigenvalue weighted by molar-refractivity contribution is -0.114. The van der Waals surface area contributed by atoms with Gasteiger partial charge in [0.25, 0.3) is 0 Å². The Bertz CT molecular complexity index is 780. The number of rotatable bonds is 10. The second-order valence-electron chi connectivity index (χ2n) is 7.46. The minimum absolute atomic E-state index is 0.0397. The van der Waals surface area contributed by atoms with Crippen LogP contribution in [-0.2, 0) is 11.2 Å². The Morgan fingerprint density at radius 3 is 2.87 bits per heavy atom. The molecule has 0 aromatic heterocycles. The van der Waals surface area contributed by atoms with Crippen molar-refractivity contribution in [3.05, 3.63) is 40.8 Å². The highest BCUT2D eigenvalue weighted by atomic mass is 32.2. The summed E-state index contributed by atoms with van der Waals surface area (Å²) >= 11 is 1.42. The van der Waals surface area contributed by atoms with Gasteiger partial charge in [0.05, 0.1) is 6.07 Å². The predicted molar refractivity (Wildman–Crippen MR) is 127 cm³/mol. The molecule has 1 heterocycles. The summed E-state index contributed by atoms with van der Waals surface area (Å²) in [7, 11) is 0. The lowest BCUT2D eigenvalue weighted by Crippen LogP contribution is -2.27. The topological polar surface area (TPSA) is 71.7 Å². The van der Waals surface area contributed by atoms with Crippen molar-refractivity contribution in [2.45, 2.75) is 46.1 Å². The number of amides is 1.